The molecule has 32 heavy (non-hydrogen) atoms. The first-order valence-corrected chi connectivity index (χ1v) is 11.4. The standard InChI is InChI=1S/C26H30N2O4/c1-17-11-12-18(2)22(15-17)27-24(29)16-32-26(31)21-9-5-4-8-20(21)25(30)28-14-13-19-7-3-6-10-23(19)28/h3,6-7,10-12,15,20-21H,4-5,8-9,13-14,16H2,1-2H3,(H,27,29). The summed E-state index contributed by atoms with van der Waals surface area (Å²) in [4.78, 5) is 40.4. The maximum absolute atomic E-state index is 13.4. The SMILES string of the molecule is Cc1ccc(C)c(NC(=O)COC(=O)C2CCCCC2C(=O)N2CCc3ccccc32)c1. The molecule has 0 aromatic heterocycles. The number of esters is 1. The summed E-state index contributed by atoms with van der Waals surface area (Å²) in [5.74, 6) is -1.73. The van der Waals surface area contributed by atoms with Gasteiger partial charge in [-0.3, -0.25) is 14.4 Å². The Morgan fingerprint density at radius 3 is 2.59 bits per heavy atom. The van der Waals surface area contributed by atoms with Crippen molar-refractivity contribution in [1.29, 1.82) is 0 Å². The zero-order chi connectivity index (χ0) is 22.7. The van der Waals surface area contributed by atoms with Crippen LogP contribution in [0.25, 0.3) is 0 Å². The summed E-state index contributed by atoms with van der Waals surface area (Å²) in [5, 5.41) is 2.81. The molecule has 0 saturated heterocycles. The van der Waals surface area contributed by atoms with Crippen LogP contribution in [0.5, 0.6) is 0 Å². The molecule has 1 heterocycles. The molecule has 0 radical (unpaired) electrons. The van der Waals surface area contributed by atoms with Crippen LogP contribution in [-0.2, 0) is 25.5 Å². The molecule has 1 aliphatic carbocycles. The van der Waals surface area contributed by atoms with Crippen molar-refractivity contribution in [2.24, 2.45) is 11.8 Å². The summed E-state index contributed by atoms with van der Waals surface area (Å²) in [6.45, 7) is 4.16. The lowest BCUT2D eigenvalue weighted by molar-refractivity contribution is -0.156. The van der Waals surface area contributed by atoms with Gasteiger partial charge in [0.05, 0.1) is 11.8 Å². The zero-order valence-corrected chi connectivity index (χ0v) is 18.7. The fourth-order valence-corrected chi connectivity index (χ4v) is 4.78. The number of hydrogen-bond donors (Lipinski definition) is 1. The average Bonchev–Trinajstić information content (AvgIpc) is 3.23. The number of para-hydroxylation sites is 1. The Hall–Kier alpha value is -3.15. The van der Waals surface area contributed by atoms with Gasteiger partial charge in [0.15, 0.2) is 6.61 Å². The third kappa shape index (κ3) is 4.69. The van der Waals surface area contributed by atoms with Gasteiger partial charge in [0.2, 0.25) is 5.91 Å². The molecule has 0 spiro atoms. The number of carbonyl (C=O) groups is 3. The molecule has 6 nitrogen and oxygen atoms in total. The number of benzene rings is 2. The highest BCUT2D eigenvalue weighted by molar-refractivity contribution is 5.99. The maximum atomic E-state index is 13.4. The van der Waals surface area contributed by atoms with Gasteiger partial charge in [-0.25, -0.2) is 0 Å². The van der Waals surface area contributed by atoms with E-state index in [9.17, 15) is 14.4 Å². The minimum absolute atomic E-state index is 0.00330. The van der Waals surface area contributed by atoms with Crippen molar-refractivity contribution in [2.45, 2.75) is 46.0 Å². The minimum Gasteiger partial charge on any atom is -0.455 e. The van der Waals surface area contributed by atoms with Crippen LogP contribution in [-0.4, -0.2) is 30.9 Å². The molecular formula is C26H30N2O4. The fraction of sp³-hybridized carbons (Fsp3) is 0.423. The number of hydrogen-bond acceptors (Lipinski definition) is 4. The van der Waals surface area contributed by atoms with E-state index in [1.807, 2.05) is 61.2 Å². The average molecular weight is 435 g/mol. The van der Waals surface area contributed by atoms with Gasteiger partial charge in [-0.1, -0.05) is 43.2 Å². The zero-order valence-electron chi connectivity index (χ0n) is 18.7. The molecular weight excluding hydrogens is 404 g/mol. The molecule has 2 aromatic carbocycles. The minimum atomic E-state index is -0.502. The Balaban J connectivity index is 1.38. The van der Waals surface area contributed by atoms with Gasteiger partial charge >= 0.3 is 5.97 Å². The summed E-state index contributed by atoms with van der Waals surface area (Å²) in [6.07, 6.45) is 3.93. The van der Waals surface area contributed by atoms with Gasteiger partial charge in [-0.05, 0) is 61.9 Å². The summed E-state index contributed by atoms with van der Waals surface area (Å²) in [6, 6.07) is 13.7. The van der Waals surface area contributed by atoms with E-state index in [0.717, 1.165) is 36.1 Å². The molecule has 2 amide bonds. The summed E-state index contributed by atoms with van der Waals surface area (Å²) < 4.78 is 5.38. The molecule has 1 aliphatic heterocycles. The molecule has 6 heteroatoms. The molecule has 0 bridgehead atoms. The van der Waals surface area contributed by atoms with Gasteiger partial charge in [0, 0.05) is 17.9 Å². The van der Waals surface area contributed by atoms with Gasteiger partial charge in [-0.15, -0.1) is 0 Å². The number of anilines is 2. The normalized spacial score (nSPS) is 19.9. The first kappa shape index (κ1) is 22.1. The predicted octanol–water partition coefficient (Wildman–Crippen LogP) is 4.18. The molecule has 2 unspecified atom stereocenters. The number of carbonyl (C=O) groups excluding carboxylic acids is 3. The monoisotopic (exact) mass is 434 g/mol. The lowest BCUT2D eigenvalue weighted by Gasteiger charge is -2.32. The van der Waals surface area contributed by atoms with Crippen molar-refractivity contribution < 1.29 is 19.1 Å². The van der Waals surface area contributed by atoms with Crippen LogP contribution in [0.1, 0.15) is 42.4 Å². The van der Waals surface area contributed by atoms with Crippen molar-refractivity contribution in [2.75, 3.05) is 23.4 Å². The third-order valence-electron chi connectivity index (χ3n) is 6.55. The smallest absolute Gasteiger partial charge is 0.310 e. The molecule has 168 valence electrons. The third-order valence-corrected chi connectivity index (χ3v) is 6.55. The Morgan fingerprint density at radius 1 is 1.03 bits per heavy atom. The van der Waals surface area contributed by atoms with E-state index in [1.54, 1.807) is 0 Å². The summed E-state index contributed by atoms with van der Waals surface area (Å²) in [5.41, 5.74) is 4.81. The van der Waals surface area contributed by atoms with E-state index in [4.69, 9.17) is 4.74 Å². The lowest BCUT2D eigenvalue weighted by atomic mass is 9.78. The van der Waals surface area contributed by atoms with E-state index in [2.05, 4.69) is 5.32 Å². The van der Waals surface area contributed by atoms with Crippen molar-refractivity contribution >= 4 is 29.2 Å². The van der Waals surface area contributed by atoms with Gasteiger partial charge in [-0.2, -0.15) is 0 Å². The quantitative estimate of drug-likeness (QED) is 0.717. The maximum Gasteiger partial charge on any atom is 0.310 e. The van der Waals surface area contributed by atoms with E-state index in [-0.39, 0.29) is 18.4 Å². The fourth-order valence-electron chi connectivity index (χ4n) is 4.78. The number of rotatable bonds is 5. The molecule has 2 atom stereocenters. The molecule has 2 aromatic rings. The van der Waals surface area contributed by atoms with Crippen molar-refractivity contribution in [3.63, 3.8) is 0 Å². The van der Waals surface area contributed by atoms with Crippen molar-refractivity contribution in [1.82, 2.24) is 0 Å². The van der Waals surface area contributed by atoms with Crippen LogP contribution in [0.15, 0.2) is 42.5 Å². The highest BCUT2D eigenvalue weighted by Crippen LogP contribution is 2.36. The molecule has 2 aliphatic rings. The van der Waals surface area contributed by atoms with E-state index >= 15 is 0 Å². The van der Waals surface area contributed by atoms with Crippen LogP contribution in [0.4, 0.5) is 11.4 Å². The number of amides is 2. The topological polar surface area (TPSA) is 75.7 Å². The highest BCUT2D eigenvalue weighted by Gasteiger charge is 2.40. The number of ether oxygens (including phenoxy) is 1. The van der Waals surface area contributed by atoms with E-state index in [1.165, 1.54) is 5.56 Å². The summed E-state index contributed by atoms with van der Waals surface area (Å²) in [7, 11) is 0. The number of nitrogens with zero attached hydrogens (tertiary/aromatic N) is 1. The van der Waals surface area contributed by atoms with E-state index in [0.29, 0.717) is 25.1 Å². The van der Waals surface area contributed by atoms with Gasteiger partial charge in [0.1, 0.15) is 0 Å². The van der Waals surface area contributed by atoms with Crippen LogP contribution in [0, 0.1) is 25.7 Å². The first-order valence-electron chi connectivity index (χ1n) is 11.4. The number of aryl methyl sites for hydroxylation is 2. The molecule has 1 saturated carbocycles. The van der Waals surface area contributed by atoms with Crippen LogP contribution in [0.3, 0.4) is 0 Å². The Bertz CT molecular complexity index is 1030. The first-order chi connectivity index (χ1) is 15.4. The molecule has 4 rings (SSSR count). The molecule has 1 N–H and O–H groups in total. The van der Waals surface area contributed by atoms with Gasteiger partial charge in [0.25, 0.3) is 5.91 Å². The van der Waals surface area contributed by atoms with Crippen molar-refractivity contribution in [3.05, 3.63) is 59.2 Å². The Morgan fingerprint density at radius 2 is 1.78 bits per heavy atom. The number of nitrogens with one attached hydrogen (secondary N) is 1. The second-order valence-corrected chi connectivity index (χ2v) is 8.84. The molecule has 1 fully saturated rings. The Kier molecular flexibility index (Phi) is 6.58. The van der Waals surface area contributed by atoms with Crippen LogP contribution < -0.4 is 10.2 Å². The largest absolute Gasteiger partial charge is 0.455 e. The van der Waals surface area contributed by atoms with Gasteiger partial charge < -0.3 is 15.0 Å². The number of fused-ring (bicyclic) bond motifs is 1. The van der Waals surface area contributed by atoms with E-state index < -0.39 is 17.8 Å². The van der Waals surface area contributed by atoms with Crippen LogP contribution in [0.2, 0.25) is 0 Å². The van der Waals surface area contributed by atoms with Crippen LogP contribution >= 0.6 is 0 Å². The second kappa shape index (κ2) is 9.55. The summed E-state index contributed by atoms with van der Waals surface area (Å²) >= 11 is 0. The Labute approximate surface area is 188 Å². The predicted molar refractivity (Wildman–Crippen MR) is 123 cm³/mol. The second-order valence-electron chi connectivity index (χ2n) is 8.84. The highest BCUT2D eigenvalue weighted by atomic mass is 16.5. The lowest BCUT2D eigenvalue weighted by Crippen LogP contribution is -2.42. The van der Waals surface area contributed by atoms with Crippen molar-refractivity contribution in [3.8, 4) is 0 Å².